The number of thioether (sulfide) groups is 1. The molecule has 0 bridgehead atoms. The van der Waals surface area contributed by atoms with Crippen molar-refractivity contribution < 1.29 is 9.72 Å². The molecule has 0 aliphatic carbocycles. The van der Waals surface area contributed by atoms with E-state index < -0.39 is 14.4 Å². The van der Waals surface area contributed by atoms with Crippen LogP contribution in [0.1, 0.15) is 10.4 Å². The minimum Gasteiger partial charge on any atom is -0.290 e. The van der Waals surface area contributed by atoms with Gasteiger partial charge in [-0.3, -0.25) is 14.9 Å². The van der Waals surface area contributed by atoms with Gasteiger partial charge in [-0.25, -0.2) is 0 Å². The molecule has 4 nitrogen and oxygen atoms in total. The third-order valence-electron chi connectivity index (χ3n) is 1.93. The summed E-state index contributed by atoms with van der Waals surface area (Å²) in [5, 5.41) is 10.7. The van der Waals surface area contributed by atoms with E-state index >= 15 is 0 Å². The summed E-state index contributed by atoms with van der Waals surface area (Å²) in [6, 6.07) is 4.23. The fourth-order valence-electron chi connectivity index (χ4n) is 1.29. The molecule has 0 atom stereocenters. The molecule has 78 valence electrons. The largest absolute Gasteiger partial charge is 0.290 e. The van der Waals surface area contributed by atoms with E-state index in [1.807, 2.05) is 0 Å². The smallest absolute Gasteiger partial charge is 0.283 e. The lowest BCUT2D eigenvalue weighted by Gasteiger charge is -2.05. The van der Waals surface area contributed by atoms with Crippen LogP contribution in [-0.4, -0.2) is 14.4 Å². The van der Waals surface area contributed by atoms with Gasteiger partial charge in [0, 0.05) is 11.6 Å². The third kappa shape index (κ3) is 1.60. The maximum Gasteiger partial charge on any atom is 0.283 e. The van der Waals surface area contributed by atoms with Crippen LogP contribution in [0.25, 0.3) is 0 Å². The molecule has 0 fully saturated rings. The van der Waals surface area contributed by atoms with Gasteiger partial charge in [0.05, 0.1) is 9.82 Å². The Morgan fingerprint density at radius 3 is 2.67 bits per heavy atom. The molecule has 1 aromatic carbocycles. The van der Waals surface area contributed by atoms with Crippen molar-refractivity contribution in [2.75, 3.05) is 0 Å². The van der Waals surface area contributed by atoms with Crippen molar-refractivity contribution in [2.45, 2.75) is 8.56 Å². The molecule has 15 heavy (non-hydrogen) atoms. The fourth-order valence-corrected chi connectivity index (χ4v) is 2.93. The van der Waals surface area contributed by atoms with E-state index in [0.717, 1.165) is 11.8 Å². The van der Waals surface area contributed by atoms with E-state index in [9.17, 15) is 14.9 Å². The van der Waals surface area contributed by atoms with Crippen LogP contribution in [-0.2, 0) is 0 Å². The number of halogens is 2. The van der Waals surface area contributed by atoms with E-state index in [0.29, 0.717) is 0 Å². The number of carbonyl (C=O) groups is 1. The predicted octanol–water partition coefficient (Wildman–Crippen LogP) is 3.01. The van der Waals surface area contributed by atoms with Gasteiger partial charge in [0.2, 0.25) is 9.45 Å². The number of fused-ring (bicyclic) bond motifs is 1. The lowest BCUT2D eigenvalue weighted by molar-refractivity contribution is -0.387. The van der Waals surface area contributed by atoms with Gasteiger partial charge in [0.1, 0.15) is 0 Å². The van der Waals surface area contributed by atoms with Crippen molar-refractivity contribution >= 4 is 46.4 Å². The van der Waals surface area contributed by atoms with Crippen LogP contribution >= 0.6 is 35.0 Å². The number of nitro benzene ring substituents is 1. The minimum absolute atomic E-state index is 0.144. The molecule has 1 heterocycles. The number of Topliss-reactive ketones (excluding diaryl/α,β-unsaturated/α-hetero) is 1. The van der Waals surface area contributed by atoms with Crippen LogP contribution in [0, 0.1) is 10.1 Å². The van der Waals surface area contributed by atoms with Crippen molar-refractivity contribution in [1.82, 2.24) is 0 Å². The highest BCUT2D eigenvalue weighted by atomic mass is 35.5. The highest BCUT2D eigenvalue weighted by molar-refractivity contribution is 8.05. The van der Waals surface area contributed by atoms with Gasteiger partial charge in [-0.2, -0.15) is 0 Å². The van der Waals surface area contributed by atoms with Crippen molar-refractivity contribution in [3.63, 3.8) is 0 Å². The molecule has 0 amide bonds. The van der Waals surface area contributed by atoms with Crippen LogP contribution in [0.2, 0.25) is 0 Å². The summed E-state index contributed by atoms with van der Waals surface area (Å²) in [6.45, 7) is 0. The zero-order valence-corrected chi connectivity index (χ0v) is 9.40. The lowest BCUT2D eigenvalue weighted by Crippen LogP contribution is -2.15. The lowest BCUT2D eigenvalue weighted by atomic mass is 10.1. The Morgan fingerprint density at radius 1 is 1.40 bits per heavy atom. The first-order valence-corrected chi connectivity index (χ1v) is 5.40. The fraction of sp³-hybridized carbons (Fsp3) is 0.125. The number of nitrogens with zero attached hydrogens (tertiary/aromatic N) is 1. The SMILES string of the molecule is O=C1c2cccc([N+](=O)[O-])c2SC1(Cl)Cl. The van der Waals surface area contributed by atoms with Crippen LogP contribution in [0.3, 0.4) is 0 Å². The molecule has 1 aliphatic rings. The average molecular weight is 264 g/mol. The Kier molecular flexibility index (Phi) is 2.41. The molecule has 0 saturated carbocycles. The molecule has 0 unspecified atom stereocenters. The summed E-state index contributed by atoms with van der Waals surface area (Å²) < 4.78 is -1.64. The third-order valence-corrected chi connectivity index (χ3v) is 3.81. The van der Waals surface area contributed by atoms with E-state index in [-0.39, 0.29) is 16.1 Å². The molecule has 0 radical (unpaired) electrons. The second kappa shape index (κ2) is 3.37. The maximum absolute atomic E-state index is 11.6. The Labute approximate surface area is 98.7 Å². The van der Waals surface area contributed by atoms with Crippen molar-refractivity contribution in [3.05, 3.63) is 33.9 Å². The van der Waals surface area contributed by atoms with Gasteiger partial charge in [0.25, 0.3) is 5.69 Å². The molecular weight excluding hydrogens is 261 g/mol. The Bertz CT molecular complexity index is 475. The molecule has 0 saturated heterocycles. The second-order valence-electron chi connectivity index (χ2n) is 2.86. The van der Waals surface area contributed by atoms with E-state index in [1.165, 1.54) is 18.2 Å². The summed E-state index contributed by atoms with van der Waals surface area (Å²) in [5.74, 6) is -0.505. The summed E-state index contributed by atoms with van der Waals surface area (Å²) in [6.07, 6.45) is 0. The van der Waals surface area contributed by atoms with Crippen molar-refractivity contribution in [2.24, 2.45) is 0 Å². The zero-order valence-electron chi connectivity index (χ0n) is 7.07. The number of alkyl halides is 2. The topological polar surface area (TPSA) is 60.2 Å². The molecular formula is C8H3Cl2NO3S. The summed E-state index contributed by atoms with van der Waals surface area (Å²) in [4.78, 5) is 21.9. The maximum atomic E-state index is 11.6. The quantitative estimate of drug-likeness (QED) is 0.444. The normalized spacial score (nSPS) is 17.6. The highest BCUT2D eigenvalue weighted by Gasteiger charge is 2.46. The number of ketones is 1. The minimum atomic E-state index is -1.64. The molecule has 1 aliphatic heterocycles. The number of nitro groups is 1. The van der Waals surface area contributed by atoms with Gasteiger partial charge in [-0.05, 0) is 6.07 Å². The molecule has 7 heteroatoms. The summed E-state index contributed by atoms with van der Waals surface area (Å²) in [7, 11) is 0. The van der Waals surface area contributed by atoms with Crippen molar-refractivity contribution in [3.8, 4) is 0 Å². The van der Waals surface area contributed by atoms with E-state index in [2.05, 4.69) is 0 Å². The average Bonchev–Trinajstić information content (AvgIpc) is 2.37. The number of hydrogen-bond acceptors (Lipinski definition) is 4. The standard InChI is InChI=1S/C8H3Cl2NO3S/c9-8(10)7(12)4-2-1-3-5(11(13)14)6(4)15-8/h1-3H. The molecule has 2 rings (SSSR count). The predicted molar refractivity (Wildman–Crippen MR) is 57.7 cm³/mol. The first kappa shape index (κ1) is 10.7. The Hall–Kier alpha value is -0.780. The zero-order chi connectivity index (χ0) is 11.2. The van der Waals surface area contributed by atoms with Gasteiger partial charge < -0.3 is 0 Å². The van der Waals surface area contributed by atoms with E-state index in [1.54, 1.807) is 0 Å². The first-order valence-electron chi connectivity index (χ1n) is 3.82. The molecule has 0 spiro atoms. The van der Waals surface area contributed by atoms with Gasteiger partial charge >= 0.3 is 0 Å². The van der Waals surface area contributed by atoms with Crippen LogP contribution in [0.4, 0.5) is 5.69 Å². The molecule has 0 aromatic heterocycles. The summed E-state index contributed by atoms with van der Waals surface area (Å²) >= 11 is 12.2. The number of benzene rings is 1. The van der Waals surface area contributed by atoms with Crippen LogP contribution in [0.5, 0.6) is 0 Å². The van der Waals surface area contributed by atoms with Crippen molar-refractivity contribution in [1.29, 1.82) is 0 Å². The molecule has 1 aromatic rings. The number of hydrogen-bond donors (Lipinski definition) is 0. The van der Waals surface area contributed by atoms with Gasteiger partial charge in [-0.1, -0.05) is 41.0 Å². The van der Waals surface area contributed by atoms with E-state index in [4.69, 9.17) is 23.2 Å². The monoisotopic (exact) mass is 263 g/mol. The Morgan fingerprint density at radius 2 is 2.07 bits per heavy atom. The first-order chi connectivity index (χ1) is 6.93. The second-order valence-corrected chi connectivity index (χ2v) is 5.86. The van der Waals surface area contributed by atoms with Gasteiger partial charge in [-0.15, -0.1) is 0 Å². The Balaban J connectivity index is 2.64. The summed E-state index contributed by atoms with van der Waals surface area (Å²) in [5.41, 5.74) is 0.0632. The highest BCUT2D eigenvalue weighted by Crippen LogP contribution is 2.53. The van der Waals surface area contributed by atoms with Crippen LogP contribution < -0.4 is 0 Å². The number of carbonyl (C=O) groups excluding carboxylic acids is 1. The van der Waals surface area contributed by atoms with Gasteiger partial charge in [0.15, 0.2) is 0 Å². The van der Waals surface area contributed by atoms with Crippen LogP contribution in [0.15, 0.2) is 23.1 Å². The molecule has 0 N–H and O–H groups in total. The number of rotatable bonds is 1.